The number of methoxy groups -OCH3 is 1. The molecule has 0 bridgehead atoms. The zero-order chi connectivity index (χ0) is 11.4. The molecule has 0 atom stereocenters. The third-order valence-electron chi connectivity index (χ3n) is 2.32. The van der Waals surface area contributed by atoms with E-state index in [4.69, 9.17) is 10.5 Å². The van der Waals surface area contributed by atoms with Crippen LogP contribution in [0.4, 0.5) is 0 Å². The monoisotopic (exact) mass is 271 g/mol. The Labute approximate surface area is 97.7 Å². The summed E-state index contributed by atoms with van der Waals surface area (Å²) in [5.41, 5.74) is 7.87. The van der Waals surface area contributed by atoms with Crippen LogP contribution in [-0.2, 0) is 11.2 Å². The van der Waals surface area contributed by atoms with Gasteiger partial charge in [0.1, 0.15) is 0 Å². The van der Waals surface area contributed by atoms with Gasteiger partial charge in [-0.05, 0) is 36.6 Å². The van der Waals surface area contributed by atoms with E-state index in [9.17, 15) is 4.79 Å². The van der Waals surface area contributed by atoms with Crippen molar-refractivity contribution in [1.82, 2.24) is 0 Å². The number of carbonyl (C=O) groups is 1. The zero-order valence-corrected chi connectivity index (χ0v) is 10.4. The van der Waals surface area contributed by atoms with Gasteiger partial charge < -0.3 is 10.5 Å². The average Bonchev–Trinajstić information content (AvgIpc) is 2.18. The summed E-state index contributed by atoms with van der Waals surface area (Å²) in [6.45, 7) is 2.53. The Bertz CT molecular complexity index is 377. The first kappa shape index (κ1) is 12.2. The van der Waals surface area contributed by atoms with Crippen LogP contribution in [0.3, 0.4) is 0 Å². The summed E-state index contributed by atoms with van der Waals surface area (Å²) in [6, 6.07) is 3.73. The quantitative estimate of drug-likeness (QED) is 0.911. The highest BCUT2D eigenvalue weighted by molar-refractivity contribution is 9.10. The van der Waals surface area contributed by atoms with Crippen molar-refractivity contribution >= 4 is 21.8 Å². The first-order valence-corrected chi connectivity index (χ1v) is 5.43. The molecular formula is C11H14BrNO2. The molecule has 2 N–H and O–H groups in total. The second-order valence-corrected chi connectivity index (χ2v) is 4.26. The summed E-state index contributed by atoms with van der Waals surface area (Å²) >= 11 is 3.36. The van der Waals surface area contributed by atoms with Crippen LogP contribution in [0.5, 0.6) is 0 Å². The Balaban J connectivity index is 3.10. The molecule has 0 fully saturated rings. The minimum Gasteiger partial charge on any atom is -0.384 e. The van der Waals surface area contributed by atoms with Gasteiger partial charge in [0.2, 0.25) is 5.91 Å². The van der Waals surface area contributed by atoms with Gasteiger partial charge in [-0.1, -0.05) is 15.9 Å². The normalized spacial score (nSPS) is 10.3. The van der Waals surface area contributed by atoms with E-state index < -0.39 is 5.91 Å². The molecule has 0 aliphatic carbocycles. The highest BCUT2D eigenvalue weighted by Crippen LogP contribution is 2.21. The average molecular weight is 272 g/mol. The number of carbonyl (C=O) groups excluding carboxylic acids is 1. The van der Waals surface area contributed by atoms with Crippen LogP contribution in [0.15, 0.2) is 16.6 Å². The van der Waals surface area contributed by atoms with Gasteiger partial charge in [0.05, 0.1) is 6.61 Å². The van der Waals surface area contributed by atoms with Gasteiger partial charge in [-0.15, -0.1) is 0 Å². The van der Waals surface area contributed by atoms with Crippen LogP contribution < -0.4 is 5.73 Å². The SMILES string of the molecule is COCCc1cc(Br)cc(C(N)=O)c1C. The summed E-state index contributed by atoms with van der Waals surface area (Å²) < 4.78 is 5.88. The zero-order valence-electron chi connectivity index (χ0n) is 8.84. The lowest BCUT2D eigenvalue weighted by atomic mass is 10.00. The Kier molecular flexibility index (Phi) is 4.29. The predicted octanol–water partition coefficient (Wildman–Crippen LogP) is 2.05. The number of ether oxygens (including phenoxy) is 1. The van der Waals surface area contributed by atoms with Gasteiger partial charge in [-0.3, -0.25) is 4.79 Å². The third kappa shape index (κ3) is 3.04. The lowest BCUT2D eigenvalue weighted by Crippen LogP contribution is -2.14. The molecular weight excluding hydrogens is 258 g/mol. The van der Waals surface area contributed by atoms with Crippen LogP contribution in [-0.4, -0.2) is 19.6 Å². The first-order chi connectivity index (χ1) is 7.06. The topological polar surface area (TPSA) is 52.3 Å². The standard InChI is InChI=1S/C11H14BrNO2/c1-7-8(3-4-15-2)5-9(12)6-10(7)11(13)14/h5-6H,3-4H2,1-2H3,(H2,13,14). The molecule has 15 heavy (non-hydrogen) atoms. The molecule has 1 amide bonds. The van der Waals surface area contributed by atoms with Crippen molar-refractivity contribution in [2.24, 2.45) is 5.73 Å². The summed E-state index contributed by atoms with van der Waals surface area (Å²) in [5.74, 6) is -0.396. The number of hydrogen-bond donors (Lipinski definition) is 1. The fourth-order valence-corrected chi connectivity index (χ4v) is 1.97. The van der Waals surface area contributed by atoms with Gasteiger partial charge in [-0.2, -0.15) is 0 Å². The fourth-order valence-electron chi connectivity index (χ4n) is 1.46. The molecule has 1 rings (SSSR count). The van der Waals surface area contributed by atoms with Gasteiger partial charge in [0.15, 0.2) is 0 Å². The molecule has 0 unspecified atom stereocenters. The van der Waals surface area contributed by atoms with Crippen LogP contribution >= 0.6 is 15.9 Å². The highest BCUT2D eigenvalue weighted by atomic mass is 79.9. The number of primary amides is 1. The molecule has 0 aliphatic heterocycles. The van der Waals surface area contributed by atoms with Crippen LogP contribution in [0, 0.1) is 6.92 Å². The van der Waals surface area contributed by atoms with E-state index in [1.54, 1.807) is 13.2 Å². The van der Waals surface area contributed by atoms with Crippen molar-refractivity contribution in [2.45, 2.75) is 13.3 Å². The predicted molar refractivity (Wildman–Crippen MR) is 63.0 cm³/mol. The van der Waals surface area contributed by atoms with E-state index in [-0.39, 0.29) is 0 Å². The maximum atomic E-state index is 11.2. The molecule has 1 aromatic rings. The molecule has 82 valence electrons. The summed E-state index contributed by atoms with van der Waals surface area (Å²) in [7, 11) is 1.66. The molecule has 1 aromatic carbocycles. The molecule has 0 aliphatic rings. The highest BCUT2D eigenvalue weighted by Gasteiger charge is 2.10. The first-order valence-electron chi connectivity index (χ1n) is 4.64. The maximum Gasteiger partial charge on any atom is 0.249 e. The largest absolute Gasteiger partial charge is 0.384 e. The van der Waals surface area contributed by atoms with E-state index in [1.807, 2.05) is 13.0 Å². The lowest BCUT2D eigenvalue weighted by Gasteiger charge is -2.09. The Morgan fingerprint density at radius 3 is 2.73 bits per heavy atom. The smallest absolute Gasteiger partial charge is 0.249 e. The van der Waals surface area contributed by atoms with Crippen molar-refractivity contribution in [3.8, 4) is 0 Å². The van der Waals surface area contributed by atoms with Crippen molar-refractivity contribution < 1.29 is 9.53 Å². The van der Waals surface area contributed by atoms with E-state index in [1.165, 1.54) is 0 Å². The van der Waals surface area contributed by atoms with E-state index in [2.05, 4.69) is 15.9 Å². The van der Waals surface area contributed by atoms with Crippen molar-refractivity contribution in [3.05, 3.63) is 33.3 Å². The van der Waals surface area contributed by atoms with Crippen molar-refractivity contribution in [2.75, 3.05) is 13.7 Å². The van der Waals surface area contributed by atoms with E-state index in [0.29, 0.717) is 12.2 Å². The number of rotatable bonds is 4. The number of nitrogens with two attached hydrogens (primary N) is 1. The summed E-state index contributed by atoms with van der Waals surface area (Å²) in [6.07, 6.45) is 0.780. The minimum atomic E-state index is -0.396. The third-order valence-corrected chi connectivity index (χ3v) is 2.78. The molecule has 4 heteroatoms. The summed E-state index contributed by atoms with van der Waals surface area (Å²) in [4.78, 5) is 11.2. The number of amides is 1. The van der Waals surface area contributed by atoms with Crippen LogP contribution in [0.25, 0.3) is 0 Å². The number of hydrogen-bond acceptors (Lipinski definition) is 2. The Morgan fingerprint density at radius 2 is 2.20 bits per heavy atom. The molecule has 0 radical (unpaired) electrons. The number of halogens is 1. The summed E-state index contributed by atoms with van der Waals surface area (Å²) in [5, 5.41) is 0. The van der Waals surface area contributed by atoms with Crippen molar-refractivity contribution in [3.63, 3.8) is 0 Å². The van der Waals surface area contributed by atoms with E-state index >= 15 is 0 Å². The molecule has 0 spiro atoms. The van der Waals surface area contributed by atoms with Gasteiger partial charge in [0.25, 0.3) is 0 Å². The lowest BCUT2D eigenvalue weighted by molar-refractivity contribution is 0.0999. The van der Waals surface area contributed by atoms with Crippen LogP contribution in [0.1, 0.15) is 21.5 Å². The van der Waals surface area contributed by atoms with Gasteiger partial charge in [0, 0.05) is 17.1 Å². The number of benzene rings is 1. The Morgan fingerprint density at radius 1 is 1.53 bits per heavy atom. The fraction of sp³-hybridized carbons (Fsp3) is 0.364. The van der Waals surface area contributed by atoms with E-state index in [0.717, 1.165) is 22.0 Å². The van der Waals surface area contributed by atoms with Gasteiger partial charge in [-0.25, -0.2) is 0 Å². The molecule has 3 nitrogen and oxygen atoms in total. The second-order valence-electron chi connectivity index (χ2n) is 3.34. The molecule has 0 heterocycles. The van der Waals surface area contributed by atoms with Crippen molar-refractivity contribution in [1.29, 1.82) is 0 Å². The van der Waals surface area contributed by atoms with Crippen LogP contribution in [0.2, 0.25) is 0 Å². The Hall–Kier alpha value is -0.870. The minimum absolute atomic E-state index is 0.396. The molecule has 0 saturated carbocycles. The second kappa shape index (κ2) is 5.28. The maximum absolute atomic E-state index is 11.2. The molecule has 0 saturated heterocycles. The molecule has 0 aromatic heterocycles. The van der Waals surface area contributed by atoms with Gasteiger partial charge >= 0.3 is 0 Å².